The molecule has 0 unspecified atom stereocenters. The predicted octanol–water partition coefficient (Wildman–Crippen LogP) is 1.50. The Balaban J connectivity index is 2.83. The van der Waals surface area contributed by atoms with Gasteiger partial charge in [0.2, 0.25) is 5.91 Å². The molecule has 5 nitrogen and oxygen atoms in total. The molecule has 0 heterocycles. The van der Waals surface area contributed by atoms with E-state index in [1.54, 1.807) is 38.1 Å². The second kappa shape index (κ2) is 5.84. The molecule has 0 saturated carbocycles. The summed E-state index contributed by atoms with van der Waals surface area (Å²) in [6.45, 7) is 7.02. The number of benzene rings is 1. The number of amides is 2. The number of nitrogens with two attached hydrogens (primary N) is 1. The summed E-state index contributed by atoms with van der Waals surface area (Å²) >= 11 is 0. The van der Waals surface area contributed by atoms with Gasteiger partial charge in [0, 0.05) is 17.3 Å². The quantitative estimate of drug-likeness (QED) is 0.769. The van der Waals surface area contributed by atoms with Gasteiger partial charge in [0.05, 0.1) is 5.54 Å². The SMILES string of the molecule is CC(C)NC(=O)c1cccc(NC(=O)C(C)(C)N)c1. The molecule has 1 aromatic rings. The Morgan fingerprint density at radius 1 is 1.26 bits per heavy atom. The Morgan fingerprint density at radius 2 is 1.89 bits per heavy atom. The molecule has 2 amide bonds. The first kappa shape index (κ1) is 15.2. The van der Waals surface area contributed by atoms with Crippen LogP contribution in [0.3, 0.4) is 0 Å². The van der Waals surface area contributed by atoms with Gasteiger partial charge in [-0.15, -0.1) is 0 Å². The average Bonchev–Trinajstić information content (AvgIpc) is 2.27. The predicted molar refractivity (Wildman–Crippen MR) is 75.9 cm³/mol. The summed E-state index contributed by atoms with van der Waals surface area (Å²) in [7, 11) is 0. The Bertz CT molecular complexity index is 476. The average molecular weight is 263 g/mol. The van der Waals surface area contributed by atoms with Crippen LogP contribution in [-0.2, 0) is 4.79 Å². The van der Waals surface area contributed by atoms with Gasteiger partial charge in [0.1, 0.15) is 0 Å². The summed E-state index contributed by atoms with van der Waals surface area (Å²) in [6.07, 6.45) is 0. The molecule has 0 radical (unpaired) electrons. The highest BCUT2D eigenvalue weighted by atomic mass is 16.2. The molecule has 0 spiro atoms. The zero-order valence-corrected chi connectivity index (χ0v) is 11.8. The fraction of sp³-hybridized carbons (Fsp3) is 0.429. The third-order valence-electron chi connectivity index (χ3n) is 2.39. The lowest BCUT2D eigenvalue weighted by Gasteiger charge is -2.18. The highest BCUT2D eigenvalue weighted by Crippen LogP contribution is 2.12. The number of nitrogens with one attached hydrogen (secondary N) is 2. The van der Waals surface area contributed by atoms with E-state index in [9.17, 15) is 9.59 Å². The molecular formula is C14H21N3O2. The van der Waals surface area contributed by atoms with Crippen molar-refractivity contribution in [1.29, 1.82) is 0 Å². The van der Waals surface area contributed by atoms with E-state index >= 15 is 0 Å². The molecule has 0 aliphatic heterocycles. The maximum absolute atomic E-state index is 11.8. The summed E-state index contributed by atoms with van der Waals surface area (Å²) < 4.78 is 0. The minimum atomic E-state index is -0.962. The normalized spacial score (nSPS) is 11.3. The molecule has 1 rings (SSSR count). The van der Waals surface area contributed by atoms with Crippen LogP contribution < -0.4 is 16.4 Å². The van der Waals surface area contributed by atoms with Gasteiger partial charge in [-0.1, -0.05) is 6.07 Å². The van der Waals surface area contributed by atoms with Gasteiger partial charge in [-0.3, -0.25) is 9.59 Å². The van der Waals surface area contributed by atoms with Gasteiger partial charge >= 0.3 is 0 Å². The molecule has 0 saturated heterocycles. The Hall–Kier alpha value is -1.88. The van der Waals surface area contributed by atoms with Crippen molar-refractivity contribution in [2.45, 2.75) is 39.3 Å². The highest BCUT2D eigenvalue weighted by Gasteiger charge is 2.21. The monoisotopic (exact) mass is 263 g/mol. The minimum Gasteiger partial charge on any atom is -0.350 e. The third kappa shape index (κ3) is 4.71. The molecule has 0 fully saturated rings. The zero-order chi connectivity index (χ0) is 14.6. The van der Waals surface area contributed by atoms with Crippen molar-refractivity contribution in [1.82, 2.24) is 5.32 Å². The Labute approximate surface area is 113 Å². The van der Waals surface area contributed by atoms with Crippen molar-refractivity contribution in [3.8, 4) is 0 Å². The second-order valence-corrected chi connectivity index (χ2v) is 5.38. The molecule has 0 atom stereocenters. The van der Waals surface area contributed by atoms with Crippen molar-refractivity contribution in [2.75, 3.05) is 5.32 Å². The molecule has 0 aliphatic carbocycles. The Morgan fingerprint density at radius 3 is 2.42 bits per heavy atom. The van der Waals surface area contributed by atoms with Gasteiger partial charge in [0.25, 0.3) is 5.91 Å². The number of hydrogen-bond donors (Lipinski definition) is 3. The highest BCUT2D eigenvalue weighted by molar-refractivity contribution is 5.99. The maximum Gasteiger partial charge on any atom is 0.251 e. The van der Waals surface area contributed by atoms with Gasteiger partial charge in [-0.25, -0.2) is 0 Å². The van der Waals surface area contributed by atoms with E-state index in [0.717, 1.165) is 0 Å². The lowest BCUT2D eigenvalue weighted by atomic mass is 10.1. The lowest BCUT2D eigenvalue weighted by Crippen LogP contribution is -2.45. The summed E-state index contributed by atoms with van der Waals surface area (Å²) in [5, 5.41) is 5.48. The van der Waals surface area contributed by atoms with E-state index in [4.69, 9.17) is 5.73 Å². The first-order chi connectivity index (χ1) is 8.70. The van der Waals surface area contributed by atoms with Gasteiger partial charge in [-0.2, -0.15) is 0 Å². The van der Waals surface area contributed by atoms with Crippen LogP contribution in [0.1, 0.15) is 38.1 Å². The topological polar surface area (TPSA) is 84.2 Å². The summed E-state index contributed by atoms with van der Waals surface area (Å²) in [6, 6.07) is 6.82. The van der Waals surface area contributed by atoms with Gasteiger partial charge < -0.3 is 16.4 Å². The van der Waals surface area contributed by atoms with Crippen molar-refractivity contribution in [3.63, 3.8) is 0 Å². The smallest absolute Gasteiger partial charge is 0.251 e. The van der Waals surface area contributed by atoms with Crippen molar-refractivity contribution >= 4 is 17.5 Å². The number of anilines is 1. The first-order valence-corrected chi connectivity index (χ1v) is 6.21. The third-order valence-corrected chi connectivity index (χ3v) is 2.39. The molecule has 0 bridgehead atoms. The molecule has 104 valence electrons. The van der Waals surface area contributed by atoms with Crippen LogP contribution >= 0.6 is 0 Å². The molecule has 5 heteroatoms. The van der Waals surface area contributed by atoms with E-state index in [1.807, 2.05) is 13.8 Å². The van der Waals surface area contributed by atoms with Crippen LogP contribution in [0.2, 0.25) is 0 Å². The number of rotatable bonds is 4. The Kier molecular flexibility index (Phi) is 4.67. The van der Waals surface area contributed by atoms with E-state index < -0.39 is 5.54 Å². The summed E-state index contributed by atoms with van der Waals surface area (Å²) in [5.41, 5.74) is 5.79. The fourth-order valence-corrected chi connectivity index (χ4v) is 1.38. The number of hydrogen-bond acceptors (Lipinski definition) is 3. The molecular weight excluding hydrogens is 242 g/mol. The molecule has 4 N–H and O–H groups in total. The molecule has 19 heavy (non-hydrogen) atoms. The van der Waals surface area contributed by atoms with Gasteiger partial charge in [0.15, 0.2) is 0 Å². The molecule has 1 aromatic carbocycles. The van der Waals surface area contributed by atoms with E-state index in [0.29, 0.717) is 11.3 Å². The van der Waals surface area contributed by atoms with Crippen molar-refractivity contribution in [2.24, 2.45) is 5.73 Å². The molecule has 0 aromatic heterocycles. The molecule has 0 aliphatic rings. The van der Waals surface area contributed by atoms with Crippen LogP contribution in [-0.4, -0.2) is 23.4 Å². The fourth-order valence-electron chi connectivity index (χ4n) is 1.38. The summed E-state index contributed by atoms with van der Waals surface area (Å²) in [4.78, 5) is 23.6. The standard InChI is InChI=1S/C14H21N3O2/c1-9(2)16-12(18)10-6-5-7-11(8-10)17-13(19)14(3,4)15/h5-9H,15H2,1-4H3,(H,16,18)(H,17,19). The van der Waals surface area contributed by atoms with Crippen LogP contribution in [0.15, 0.2) is 24.3 Å². The zero-order valence-electron chi connectivity index (χ0n) is 11.8. The van der Waals surface area contributed by atoms with Crippen molar-refractivity contribution in [3.05, 3.63) is 29.8 Å². The van der Waals surface area contributed by atoms with Crippen LogP contribution in [0, 0.1) is 0 Å². The van der Waals surface area contributed by atoms with E-state index in [1.165, 1.54) is 0 Å². The van der Waals surface area contributed by atoms with E-state index in [-0.39, 0.29) is 17.9 Å². The van der Waals surface area contributed by atoms with E-state index in [2.05, 4.69) is 10.6 Å². The lowest BCUT2D eigenvalue weighted by molar-refractivity contribution is -0.120. The maximum atomic E-state index is 11.8. The number of carbonyl (C=O) groups excluding carboxylic acids is 2. The largest absolute Gasteiger partial charge is 0.350 e. The van der Waals surface area contributed by atoms with Crippen LogP contribution in [0.4, 0.5) is 5.69 Å². The van der Waals surface area contributed by atoms with Crippen LogP contribution in [0.5, 0.6) is 0 Å². The minimum absolute atomic E-state index is 0.0636. The second-order valence-electron chi connectivity index (χ2n) is 5.38. The first-order valence-electron chi connectivity index (χ1n) is 6.21. The van der Waals surface area contributed by atoms with Crippen molar-refractivity contribution < 1.29 is 9.59 Å². The van der Waals surface area contributed by atoms with Gasteiger partial charge in [-0.05, 0) is 45.9 Å². The number of carbonyl (C=O) groups is 2. The summed E-state index contributed by atoms with van der Waals surface area (Å²) in [5.74, 6) is -0.466. The van der Waals surface area contributed by atoms with Crippen LogP contribution in [0.25, 0.3) is 0 Å².